The summed E-state index contributed by atoms with van der Waals surface area (Å²) in [5.41, 5.74) is -3.12. The number of alkyl halides is 4. The second-order valence-electron chi connectivity index (χ2n) is 9.07. The SMILES string of the molecule is C=CCCc1ccc(CCc2ccc3c(c2F)C(F)(F)C(F)(F)c2c-3ccc(CCC)c2F)c(F)c1. The van der Waals surface area contributed by atoms with Crippen LogP contribution >= 0.6 is 0 Å². The maximum absolute atomic E-state index is 15.4. The van der Waals surface area contributed by atoms with Crippen LogP contribution in [0.5, 0.6) is 0 Å². The molecule has 0 saturated heterocycles. The van der Waals surface area contributed by atoms with E-state index in [1.165, 1.54) is 18.2 Å². The Morgan fingerprint density at radius 1 is 0.694 bits per heavy atom. The zero-order valence-electron chi connectivity index (χ0n) is 19.7. The number of hydrogen-bond donors (Lipinski definition) is 0. The fourth-order valence-corrected chi connectivity index (χ4v) is 4.76. The van der Waals surface area contributed by atoms with Gasteiger partial charge in [-0.25, -0.2) is 13.2 Å². The van der Waals surface area contributed by atoms with Crippen molar-refractivity contribution < 1.29 is 30.7 Å². The van der Waals surface area contributed by atoms with E-state index in [-0.39, 0.29) is 36.0 Å². The molecule has 0 aliphatic heterocycles. The van der Waals surface area contributed by atoms with Crippen LogP contribution in [-0.4, -0.2) is 0 Å². The lowest BCUT2D eigenvalue weighted by atomic mass is 9.78. The second kappa shape index (κ2) is 9.75. The number of rotatable bonds is 8. The van der Waals surface area contributed by atoms with E-state index < -0.39 is 51.6 Å². The van der Waals surface area contributed by atoms with Crippen molar-refractivity contribution in [2.75, 3.05) is 0 Å². The Kier molecular flexibility index (Phi) is 7.04. The molecule has 0 aromatic heterocycles. The quantitative estimate of drug-likeness (QED) is 0.212. The standard InChI is InChI=1S/C29H25F7/c1-3-5-7-17-8-9-18(23(30)16-17)10-11-20-13-15-22-21-14-12-19(6-4-2)26(31)24(21)28(33,34)29(35,36)25(22)27(20)32/h3,8-9,12-16H,1,4-7,10-11H2,2H3. The predicted octanol–water partition coefficient (Wildman–Crippen LogP) is 8.82. The lowest BCUT2D eigenvalue weighted by molar-refractivity contribution is -0.227. The maximum atomic E-state index is 15.4. The largest absolute Gasteiger partial charge is 0.343 e. The monoisotopic (exact) mass is 506 g/mol. The van der Waals surface area contributed by atoms with Crippen molar-refractivity contribution in [3.8, 4) is 11.1 Å². The first-order valence-corrected chi connectivity index (χ1v) is 11.8. The molecule has 1 aliphatic carbocycles. The van der Waals surface area contributed by atoms with Gasteiger partial charge in [-0.1, -0.05) is 55.8 Å². The van der Waals surface area contributed by atoms with Crippen molar-refractivity contribution in [3.05, 3.63) is 106 Å². The highest BCUT2D eigenvalue weighted by molar-refractivity contribution is 5.77. The van der Waals surface area contributed by atoms with Gasteiger partial charge in [-0.3, -0.25) is 0 Å². The molecule has 1 aliphatic rings. The molecule has 0 fully saturated rings. The van der Waals surface area contributed by atoms with Crippen LogP contribution in [0.3, 0.4) is 0 Å². The Labute approximate surface area is 205 Å². The molecule has 0 bridgehead atoms. The van der Waals surface area contributed by atoms with Crippen LogP contribution in [0.2, 0.25) is 0 Å². The normalized spacial score (nSPS) is 15.3. The molecule has 0 unspecified atom stereocenters. The number of benzene rings is 3. The van der Waals surface area contributed by atoms with Gasteiger partial charge in [0.25, 0.3) is 0 Å². The third-order valence-corrected chi connectivity index (χ3v) is 6.69. The lowest BCUT2D eigenvalue weighted by Crippen LogP contribution is -2.41. The number of allylic oxidation sites excluding steroid dienone is 1. The van der Waals surface area contributed by atoms with Gasteiger partial charge in [-0.05, 0) is 71.6 Å². The molecule has 0 amide bonds. The van der Waals surface area contributed by atoms with Gasteiger partial charge in [0.2, 0.25) is 0 Å². The summed E-state index contributed by atoms with van der Waals surface area (Å²) in [4.78, 5) is 0. The minimum atomic E-state index is -4.97. The maximum Gasteiger partial charge on any atom is 0.343 e. The summed E-state index contributed by atoms with van der Waals surface area (Å²) < 4.78 is 105. The first-order chi connectivity index (χ1) is 17.0. The zero-order valence-corrected chi connectivity index (χ0v) is 19.7. The average Bonchev–Trinajstić information content (AvgIpc) is 2.82. The van der Waals surface area contributed by atoms with E-state index in [0.717, 1.165) is 17.7 Å². The summed E-state index contributed by atoms with van der Waals surface area (Å²) in [6.45, 7) is 5.33. The molecule has 0 radical (unpaired) electrons. The molecular formula is C29H25F7. The van der Waals surface area contributed by atoms with Crippen LogP contribution < -0.4 is 0 Å². The summed E-state index contributed by atoms with van der Waals surface area (Å²) in [5, 5.41) is 0. The molecule has 0 atom stereocenters. The van der Waals surface area contributed by atoms with Gasteiger partial charge in [-0.2, -0.15) is 17.6 Å². The number of aryl methyl sites for hydroxylation is 4. The fourth-order valence-electron chi connectivity index (χ4n) is 4.76. The van der Waals surface area contributed by atoms with Crippen molar-refractivity contribution in [1.29, 1.82) is 0 Å². The average molecular weight is 507 g/mol. The van der Waals surface area contributed by atoms with Crippen molar-refractivity contribution in [2.24, 2.45) is 0 Å². The van der Waals surface area contributed by atoms with E-state index in [2.05, 4.69) is 6.58 Å². The van der Waals surface area contributed by atoms with Gasteiger partial charge in [-0.15, -0.1) is 6.58 Å². The Morgan fingerprint density at radius 3 is 1.69 bits per heavy atom. The van der Waals surface area contributed by atoms with Crippen LogP contribution in [-0.2, 0) is 37.5 Å². The topological polar surface area (TPSA) is 0 Å². The summed E-state index contributed by atoms with van der Waals surface area (Å²) in [5.74, 6) is -13.3. The summed E-state index contributed by atoms with van der Waals surface area (Å²) in [6, 6.07) is 9.37. The molecule has 0 saturated carbocycles. The molecule has 0 N–H and O–H groups in total. The Bertz CT molecular complexity index is 1310. The lowest BCUT2D eigenvalue weighted by Gasteiger charge is -2.36. The van der Waals surface area contributed by atoms with Crippen LogP contribution in [0, 0.1) is 17.5 Å². The minimum absolute atomic E-state index is 0.0170. The fraction of sp³-hybridized carbons (Fsp3) is 0.310. The van der Waals surface area contributed by atoms with Crippen molar-refractivity contribution in [2.45, 2.75) is 57.3 Å². The number of fused-ring (bicyclic) bond motifs is 3. The van der Waals surface area contributed by atoms with E-state index in [9.17, 15) is 8.78 Å². The van der Waals surface area contributed by atoms with Gasteiger partial charge in [0.05, 0.1) is 11.1 Å². The highest BCUT2D eigenvalue weighted by Gasteiger charge is 2.65. The molecule has 36 heavy (non-hydrogen) atoms. The first kappa shape index (κ1) is 26.0. The molecule has 4 rings (SSSR count). The van der Waals surface area contributed by atoms with Crippen LogP contribution in [0.4, 0.5) is 30.7 Å². The molecular weight excluding hydrogens is 481 g/mol. The molecule has 0 heterocycles. The first-order valence-electron chi connectivity index (χ1n) is 11.8. The molecule has 0 spiro atoms. The third-order valence-electron chi connectivity index (χ3n) is 6.69. The van der Waals surface area contributed by atoms with Gasteiger partial charge in [0, 0.05) is 0 Å². The number of halogens is 7. The molecule has 3 aromatic carbocycles. The van der Waals surface area contributed by atoms with Gasteiger partial charge in [0.1, 0.15) is 17.5 Å². The zero-order chi connectivity index (χ0) is 26.3. The van der Waals surface area contributed by atoms with E-state index in [4.69, 9.17) is 0 Å². The predicted molar refractivity (Wildman–Crippen MR) is 126 cm³/mol. The number of hydrogen-bond acceptors (Lipinski definition) is 0. The van der Waals surface area contributed by atoms with Gasteiger partial charge in [0.15, 0.2) is 0 Å². The molecule has 3 aromatic rings. The highest BCUT2D eigenvalue weighted by atomic mass is 19.3. The summed E-state index contributed by atoms with van der Waals surface area (Å²) in [6.07, 6.45) is 3.32. The van der Waals surface area contributed by atoms with Crippen LogP contribution in [0.1, 0.15) is 53.1 Å². The van der Waals surface area contributed by atoms with Crippen molar-refractivity contribution in [3.63, 3.8) is 0 Å². The van der Waals surface area contributed by atoms with E-state index in [1.807, 2.05) is 0 Å². The Morgan fingerprint density at radius 2 is 1.19 bits per heavy atom. The summed E-state index contributed by atoms with van der Waals surface area (Å²) >= 11 is 0. The van der Waals surface area contributed by atoms with E-state index >= 15 is 22.0 Å². The van der Waals surface area contributed by atoms with Crippen molar-refractivity contribution >= 4 is 0 Å². The Balaban J connectivity index is 1.73. The van der Waals surface area contributed by atoms with Crippen LogP contribution in [0.15, 0.2) is 55.1 Å². The second-order valence-corrected chi connectivity index (χ2v) is 9.07. The summed E-state index contributed by atoms with van der Waals surface area (Å²) in [7, 11) is 0. The molecule has 0 nitrogen and oxygen atoms in total. The van der Waals surface area contributed by atoms with E-state index in [0.29, 0.717) is 19.3 Å². The van der Waals surface area contributed by atoms with Crippen molar-refractivity contribution in [1.82, 2.24) is 0 Å². The van der Waals surface area contributed by atoms with Crippen LogP contribution in [0.25, 0.3) is 11.1 Å². The Hall–Kier alpha value is -3.09. The minimum Gasteiger partial charge on any atom is -0.207 e. The highest BCUT2D eigenvalue weighted by Crippen LogP contribution is 2.59. The van der Waals surface area contributed by atoms with Gasteiger partial charge >= 0.3 is 11.8 Å². The third kappa shape index (κ3) is 4.22. The smallest absolute Gasteiger partial charge is 0.207 e. The van der Waals surface area contributed by atoms with E-state index in [1.54, 1.807) is 25.1 Å². The van der Waals surface area contributed by atoms with Gasteiger partial charge < -0.3 is 0 Å². The molecule has 190 valence electrons. The molecule has 7 heteroatoms.